The highest BCUT2D eigenvalue weighted by Crippen LogP contribution is 2.31. The van der Waals surface area contributed by atoms with Gasteiger partial charge >= 0.3 is 5.97 Å². The molecule has 1 aromatic rings. The maximum absolute atomic E-state index is 12.0. The van der Waals surface area contributed by atoms with Crippen molar-refractivity contribution in [2.45, 2.75) is 30.2 Å². The minimum absolute atomic E-state index is 0.0788. The third-order valence-electron chi connectivity index (χ3n) is 3.14. The van der Waals surface area contributed by atoms with Crippen LogP contribution in [0.2, 0.25) is 0 Å². The first-order valence-electron chi connectivity index (χ1n) is 5.86. The zero-order valence-corrected chi connectivity index (χ0v) is 12.4. The summed E-state index contributed by atoms with van der Waals surface area (Å²) < 4.78 is 27.5. The predicted molar refractivity (Wildman–Crippen MR) is 73.2 cm³/mol. The van der Waals surface area contributed by atoms with Gasteiger partial charge in [0.2, 0.25) is 10.0 Å². The fourth-order valence-electron chi connectivity index (χ4n) is 2.15. The highest BCUT2D eigenvalue weighted by Gasteiger charge is 2.33. The Hall–Kier alpha value is -0.920. The van der Waals surface area contributed by atoms with Gasteiger partial charge < -0.3 is 5.11 Å². The van der Waals surface area contributed by atoms with Crippen molar-refractivity contribution in [1.29, 1.82) is 0 Å². The molecule has 0 unspecified atom stereocenters. The number of halogens is 1. The summed E-state index contributed by atoms with van der Waals surface area (Å²) in [6.07, 6.45) is 1.28. The SMILES string of the molecule is O=C(O)CC1CC(NS(=O)(=O)c2ccc(Br)cc2)C1. The minimum Gasteiger partial charge on any atom is -0.481 e. The van der Waals surface area contributed by atoms with E-state index >= 15 is 0 Å². The van der Waals surface area contributed by atoms with Crippen molar-refractivity contribution in [1.82, 2.24) is 4.72 Å². The molecule has 0 bridgehead atoms. The van der Waals surface area contributed by atoms with Crippen LogP contribution in [0.4, 0.5) is 0 Å². The van der Waals surface area contributed by atoms with Crippen molar-refractivity contribution in [2.24, 2.45) is 5.92 Å². The van der Waals surface area contributed by atoms with E-state index in [4.69, 9.17) is 5.11 Å². The zero-order valence-electron chi connectivity index (χ0n) is 10.0. The van der Waals surface area contributed by atoms with Gasteiger partial charge in [-0.05, 0) is 43.0 Å². The summed E-state index contributed by atoms with van der Waals surface area (Å²) >= 11 is 3.25. The lowest BCUT2D eigenvalue weighted by Crippen LogP contribution is -2.44. The lowest BCUT2D eigenvalue weighted by atomic mass is 9.79. The molecule has 0 spiro atoms. The van der Waals surface area contributed by atoms with E-state index < -0.39 is 16.0 Å². The maximum Gasteiger partial charge on any atom is 0.303 e. The summed E-state index contributed by atoms with van der Waals surface area (Å²) in [5, 5.41) is 8.63. The van der Waals surface area contributed by atoms with E-state index in [0.717, 1.165) is 4.47 Å². The highest BCUT2D eigenvalue weighted by atomic mass is 79.9. The molecule has 104 valence electrons. The fourth-order valence-corrected chi connectivity index (χ4v) is 3.67. The molecule has 1 saturated carbocycles. The molecule has 1 aliphatic carbocycles. The van der Waals surface area contributed by atoms with E-state index in [1.165, 1.54) is 12.1 Å². The third-order valence-corrected chi connectivity index (χ3v) is 5.21. The zero-order chi connectivity index (χ0) is 14.0. The molecule has 2 rings (SSSR count). The minimum atomic E-state index is -3.51. The van der Waals surface area contributed by atoms with Gasteiger partial charge in [-0.1, -0.05) is 15.9 Å². The second kappa shape index (κ2) is 5.60. The standard InChI is InChI=1S/C12H14BrNO4S/c13-9-1-3-11(4-2-9)19(17,18)14-10-5-8(6-10)7-12(15)16/h1-4,8,10,14H,5-7H2,(H,15,16). The molecule has 0 radical (unpaired) electrons. The number of hydrogen-bond acceptors (Lipinski definition) is 3. The molecule has 1 fully saturated rings. The summed E-state index contributed by atoms with van der Waals surface area (Å²) in [5.74, 6) is -0.755. The average Bonchev–Trinajstić information content (AvgIpc) is 2.26. The predicted octanol–water partition coefficient (Wildman–Crippen LogP) is 1.98. The van der Waals surface area contributed by atoms with Gasteiger partial charge in [0.05, 0.1) is 4.90 Å². The summed E-state index contributed by atoms with van der Waals surface area (Å²) in [4.78, 5) is 10.7. The van der Waals surface area contributed by atoms with Crippen LogP contribution in [0.15, 0.2) is 33.6 Å². The van der Waals surface area contributed by atoms with E-state index in [1.54, 1.807) is 12.1 Å². The lowest BCUT2D eigenvalue weighted by molar-refractivity contribution is -0.138. The van der Waals surface area contributed by atoms with Gasteiger partial charge in [-0.2, -0.15) is 0 Å². The number of carbonyl (C=O) groups is 1. The number of rotatable bonds is 5. The summed E-state index contributed by atoms with van der Waals surface area (Å²) in [6, 6.07) is 6.24. The second-order valence-electron chi connectivity index (χ2n) is 4.71. The van der Waals surface area contributed by atoms with Crippen LogP contribution >= 0.6 is 15.9 Å². The van der Waals surface area contributed by atoms with Crippen LogP contribution < -0.4 is 4.72 Å². The Balaban J connectivity index is 1.93. The van der Waals surface area contributed by atoms with Crippen molar-refractivity contribution in [3.63, 3.8) is 0 Å². The number of hydrogen-bond donors (Lipinski definition) is 2. The summed E-state index contributed by atoms with van der Waals surface area (Å²) in [5.41, 5.74) is 0. The number of aliphatic carboxylic acids is 1. The monoisotopic (exact) mass is 347 g/mol. The van der Waals surface area contributed by atoms with Gasteiger partial charge in [0.25, 0.3) is 0 Å². The lowest BCUT2D eigenvalue weighted by Gasteiger charge is -2.34. The molecular weight excluding hydrogens is 334 g/mol. The van der Waals surface area contributed by atoms with Crippen LogP contribution in [0.1, 0.15) is 19.3 Å². The van der Waals surface area contributed by atoms with Crippen LogP contribution in [0.25, 0.3) is 0 Å². The summed E-state index contributed by atoms with van der Waals surface area (Å²) in [6.45, 7) is 0. The third kappa shape index (κ3) is 3.77. The van der Waals surface area contributed by atoms with Crippen molar-refractivity contribution in [3.8, 4) is 0 Å². The van der Waals surface area contributed by atoms with Crippen molar-refractivity contribution in [2.75, 3.05) is 0 Å². The Kier molecular flexibility index (Phi) is 4.27. The van der Waals surface area contributed by atoms with E-state index in [0.29, 0.717) is 12.8 Å². The van der Waals surface area contributed by atoms with Crippen molar-refractivity contribution >= 4 is 31.9 Å². The van der Waals surface area contributed by atoms with Gasteiger partial charge in [-0.15, -0.1) is 0 Å². The number of benzene rings is 1. The van der Waals surface area contributed by atoms with Gasteiger partial charge in [0.1, 0.15) is 0 Å². The molecule has 0 heterocycles. The fraction of sp³-hybridized carbons (Fsp3) is 0.417. The van der Waals surface area contributed by atoms with Crippen molar-refractivity contribution in [3.05, 3.63) is 28.7 Å². The Morgan fingerprint density at radius 1 is 1.32 bits per heavy atom. The van der Waals surface area contributed by atoms with Crippen molar-refractivity contribution < 1.29 is 18.3 Å². The highest BCUT2D eigenvalue weighted by molar-refractivity contribution is 9.10. The quantitative estimate of drug-likeness (QED) is 0.852. The van der Waals surface area contributed by atoms with Crippen LogP contribution in [0.5, 0.6) is 0 Å². The Morgan fingerprint density at radius 2 is 1.89 bits per heavy atom. The normalized spacial score (nSPS) is 22.8. The number of carboxylic acid groups (broad SMARTS) is 1. The molecule has 0 aliphatic heterocycles. The van der Waals surface area contributed by atoms with Gasteiger partial charge in [-0.3, -0.25) is 4.79 Å². The number of sulfonamides is 1. The molecule has 1 aliphatic rings. The molecule has 0 aromatic heterocycles. The van der Waals surface area contributed by atoms with E-state index in [-0.39, 0.29) is 23.3 Å². The molecule has 19 heavy (non-hydrogen) atoms. The Labute approximate surface area is 120 Å². The van der Waals surface area contributed by atoms with E-state index in [2.05, 4.69) is 20.7 Å². The number of carboxylic acids is 1. The Morgan fingerprint density at radius 3 is 2.42 bits per heavy atom. The first kappa shape index (κ1) is 14.5. The van der Waals surface area contributed by atoms with Crippen LogP contribution in [0, 0.1) is 5.92 Å². The average molecular weight is 348 g/mol. The van der Waals surface area contributed by atoms with Crippen LogP contribution in [-0.2, 0) is 14.8 Å². The van der Waals surface area contributed by atoms with E-state index in [1.807, 2.05) is 0 Å². The smallest absolute Gasteiger partial charge is 0.303 e. The van der Waals surface area contributed by atoms with E-state index in [9.17, 15) is 13.2 Å². The first-order valence-corrected chi connectivity index (χ1v) is 8.14. The first-order chi connectivity index (χ1) is 8.87. The van der Waals surface area contributed by atoms with Gasteiger partial charge in [0, 0.05) is 16.9 Å². The summed E-state index contributed by atoms with van der Waals surface area (Å²) in [7, 11) is -3.51. The van der Waals surface area contributed by atoms with Gasteiger partial charge in [-0.25, -0.2) is 13.1 Å². The van der Waals surface area contributed by atoms with Crippen LogP contribution in [0.3, 0.4) is 0 Å². The molecule has 0 amide bonds. The largest absolute Gasteiger partial charge is 0.481 e. The molecule has 1 aromatic carbocycles. The van der Waals surface area contributed by atoms with Gasteiger partial charge in [0.15, 0.2) is 0 Å². The molecule has 0 atom stereocenters. The second-order valence-corrected chi connectivity index (χ2v) is 7.34. The molecular formula is C12H14BrNO4S. The topological polar surface area (TPSA) is 83.5 Å². The van der Waals surface area contributed by atoms with Crippen LogP contribution in [-0.4, -0.2) is 25.5 Å². The molecule has 5 nitrogen and oxygen atoms in total. The Bertz CT molecular complexity index is 564. The molecule has 2 N–H and O–H groups in total. The molecule has 0 saturated heterocycles. The maximum atomic E-state index is 12.0. The number of nitrogens with one attached hydrogen (secondary N) is 1. The molecule has 7 heteroatoms.